The number of benzene rings is 1. The second-order valence-corrected chi connectivity index (χ2v) is 3.00. The Labute approximate surface area is 83.5 Å². The van der Waals surface area contributed by atoms with E-state index in [1.54, 1.807) is 7.05 Å². The minimum absolute atomic E-state index is 0.220. The smallest absolute Gasteiger partial charge is 0.318 e. The van der Waals surface area contributed by atoms with Crippen molar-refractivity contribution in [1.82, 2.24) is 5.32 Å². The Bertz CT molecular complexity index is 336. The minimum atomic E-state index is -0.220. The first-order valence-corrected chi connectivity index (χ1v) is 4.46. The van der Waals surface area contributed by atoms with Crippen molar-refractivity contribution in [2.75, 3.05) is 12.4 Å². The van der Waals surface area contributed by atoms with Crippen LogP contribution in [0.25, 0.3) is 0 Å². The lowest BCUT2D eigenvalue weighted by molar-refractivity contribution is 0.254. The van der Waals surface area contributed by atoms with Gasteiger partial charge in [-0.25, -0.2) is 4.79 Å². The summed E-state index contributed by atoms with van der Waals surface area (Å²) in [6, 6.07) is 5.46. The topological polar surface area (TPSA) is 67.2 Å². The van der Waals surface area contributed by atoms with E-state index in [1.165, 1.54) is 0 Å². The fourth-order valence-corrected chi connectivity index (χ4v) is 1.22. The molecule has 14 heavy (non-hydrogen) atoms. The number of nitrogens with one attached hydrogen (secondary N) is 2. The Hall–Kier alpha value is -1.55. The molecule has 0 saturated carbocycles. The highest BCUT2D eigenvalue weighted by Crippen LogP contribution is 2.18. The van der Waals surface area contributed by atoms with Crippen molar-refractivity contribution < 1.29 is 4.79 Å². The summed E-state index contributed by atoms with van der Waals surface area (Å²) in [4.78, 5) is 11.1. The number of carbonyl (C=O) groups is 1. The van der Waals surface area contributed by atoms with Gasteiger partial charge < -0.3 is 16.4 Å². The van der Waals surface area contributed by atoms with Crippen LogP contribution in [0.3, 0.4) is 0 Å². The van der Waals surface area contributed by atoms with E-state index in [9.17, 15) is 4.79 Å². The van der Waals surface area contributed by atoms with Gasteiger partial charge in [0.05, 0.1) is 0 Å². The number of amides is 2. The molecule has 2 amide bonds. The van der Waals surface area contributed by atoms with E-state index in [0.29, 0.717) is 6.54 Å². The molecule has 0 aliphatic carbocycles. The van der Waals surface area contributed by atoms with Crippen molar-refractivity contribution in [3.63, 3.8) is 0 Å². The van der Waals surface area contributed by atoms with Crippen LogP contribution in [0.2, 0.25) is 0 Å². The highest BCUT2D eigenvalue weighted by molar-refractivity contribution is 5.90. The van der Waals surface area contributed by atoms with Crippen molar-refractivity contribution >= 4 is 11.7 Å². The van der Waals surface area contributed by atoms with Gasteiger partial charge in [-0.05, 0) is 24.1 Å². The summed E-state index contributed by atoms with van der Waals surface area (Å²) in [7, 11) is 1.58. The monoisotopic (exact) mass is 193 g/mol. The Morgan fingerprint density at radius 2 is 2.21 bits per heavy atom. The summed E-state index contributed by atoms with van der Waals surface area (Å²) in [6.45, 7) is 2.42. The Morgan fingerprint density at radius 1 is 1.50 bits per heavy atom. The van der Waals surface area contributed by atoms with Crippen LogP contribution < -0.4 is 16.4 Å². The second kappa shape index (κ2) is 4.62. The lowest BCUT2D eigenvalue weighted by Gasteiger charge is -2.10. The SMILES string of the molecule is CNC(=O)Nc1cccc(CN)c1C. The molecule has 1 aromatic rings. The molecule has 4 heteroatoms. The molecule has 0 aliphatic rings. The quantitative estimate of drug-likeness (QED) is 0.660. The molecule has 4 N–H and O–H groups in total. The first kappa shape index (κ1) is 10.5. The fourth-order valence-electron chi connectivity index (χ4n) is 1.22. The van der Waals surface area contributed by atoms with Crippen LogP contribution in [0.4, 0.5) is 10.5 Å². The number of hydrogen-bond acceptors (Lipinski definition) is 2. The van der Waals surface area contributed by atoms with Gasteiger partial charge in [0.2, 0.25) is 0 Å². The molecule has 1 aromatic carbocycles. The van der Waals surface area contributed by atoms with Gasteiger partial charge in [-0.2, -0.15) is 0 Å². The third-order valence-corrected chi connectivity index (χ3v) is 2.14. The van der Waals surface area contributed by atoms with Crippen LogP contribution in [0.1, 0.15) is 11.1 Å². The molecule has 0 fully saturated rings. The van der Waals surface area contributed by atoms with Crippen LogP contribution in [0.5, 0.6) is 0 Å². The van der Waals surface area contributed by atoms with Crippen LogP contribution in [0, 0.1) is 6.92 Å². The van der Waals surface area contributed by atoms with Crippen molar-refractivity contribution in [2.24, 2.45) is 5.73 Å². The average Bonchev–Trinajstić information content (AvgIpc) is 2.21. The molecule has 0 aromatic heterocycles. The maximum absolute atomic E-state index is 11.1. The second-order valence-electron chi connectivity index (χ2n) is 3.00. The molecule has 1 rings (SSSR count). The van der Waals surface area contributed by atoms with Gasteiger partial charge in [0.1, 0.15) is 0 Å². The van der Waals surface area contributed by atoms with Gasteiger partial charge in [0.25, 0.3) is 0 Å². The number of carbonyl (C=O) groups excluding carboxylic acids is 1. The predicted molar refractivity (Wildman–Crippen MR) is 57.1 cm³/mol. The molecule has 0 atom stereocenters. The lowest BCUT2D eigenvalue weighted by atomic mass is 10.1. The van der Waals surface area contributed by atoms with E-state index in [2.05, 4.69) is 10.6 Å². The minimum Gasteiger partial charge on any atom is -0.341 e. The summed E-state index contributed by atoms with van der Waals surface area (Å²) >= 11 is 0. The van der Waals surface area contributed by atoms with E-state index in [4.69, 9.17) is 5.73 Å². The van der Waals surface area contributed by atoms with Gasteiger partial charge in [0.15, 0.2) is 0 Å². The summed E-state index contributed by atoms with van der Waals surface area (Å²) in [5.41, 5.74) is 8.41. The summed E-state index contributed by atoms with van der Waals surface area (Å²) < 4.78 is 0. The van der Waals surface area contributed by atoms with E-state index in [-0.39, 0.29) is 6.03 Å². The molecule has 0 unspecified atom stereocenters. The largest absolute Gasteiger partial charge is 0.341 e. The molecule has 0 heterocycles. The maximum atomic E-state index is 11.1. The van der Waals surface area contributed by atoms with Crippen LogP contribution in [-0.2, 0) is 6.54 Å². The molecular weight excluding hydrogens is 178 g/mol. The zero-order valence-corrected chi connectivity index (χ0v) is 8.42. The molecule has 0 aliphatic heterocycles. The Morgan fingerprint density at radius 3 is 2.79 bits per heavy atom. The third kappa shape index (κ3) is 2.23. The first-order chi connectivity index (χ1) is 6.69. The average molecular weight is 193 g/mol. The number of anilines is 1. The number of hydrogen-bond donors (Lipinski definition) is 3. The fraction of sp³-hybridized carbons (Fsp3) is 0.300. The lowest BCUT2D eigenvalue weighted by Crippen LogP contribution is -2.25. The third-order valence-electron chi connectivity index (χ3n) is 2.14. The molecule has 0 bridgehead atoms. The predicted octanol–water partition coefficient (Wildman–Crippen LogP) is 1.21. The maximum Gasteiger partial charge on any atom is 0.318 e. The van der Waals surface area contributed by atoms with E-state index in [1.807, 2.05) is 25.1 Å². The molecule has 4 nitrogen and oxygen atoms in total. The summed E-state index contributed by atoms with van der Waals surface area (Å²) in [6.07, 6.45) is 0. The van der Waals surface area contributed by atoms with Crippen molar-refractivity contribution in [3.8, 4) is 0 Å². The van der Waals surface area contributed by atoms with Gasteiger partial charge in [-0.3, -0.25) is 0 Å². The number of nitrogens with two attached hydrogens (primary N) is 1. The van der Waals surface area contributed by atoms with Crippen LogP contribution >= 0.6 is 0 Å². The van der Waals surface area contributed by atoms with Gasteiger partial charge in [-0.15, -0.1) is 0 Å². The van der Waals surface area contributed by atoms with Crippen LogP contribution in [0.15, 0.2) is 18.2 Å². The van der Waals surface area contributed by atoms with Crippen LogP contribution in [-0.4, -0.2) is 13.1 Å². The highest BCUT2D eigenvalue weighted by Gasteiger charge is 2.04. The van der Waals surface area contributed by atoms with E-state index < -0.39 is 0 Å². The van der Waals surface area contributed by atoms with Crippen molar-refractivity contribution in [3.05, 3.63) is 29.3 Å². The summed E-state index contributed by atoms with van der Waals surface area (Å²) in [5.74, 6) is 0. The van der Waals surface area contributed by atoms with Gasteiger partial charge >= 0.3 is 6.03 Å². The van der Waals surface area contributed by atoms with Crippen molar-refractivity contribution in [2.45, 2.75) is 13.5 Å². The first-order valence-electron chi connectivity index (χ1n) is 4.46. The van der Waals surface area contributed by atoms with E-state index in [0.717, 1.165) is 16.8 Å². The molecule has 0 saturated heterocycles. The van der Waals surface area contributed by atoms with Gasteiger partial charge in [-0.1, -0.05) is 12.1 Å². The highest BCUT2D eigenvalue weighted by atomic mass is 16.2. The standard InChI is InChI=1S/C10H15N3O/c1-7-8(6-11)4-3-5-9(7)13-10(14)12-2/h3-5H,6,11H2,1-2H3,(H2,12,13,14). The van der Waals surface area contributed by atoms with E-state index >= 15 is 0 Å². The molecule has 76 valence electrons. The van der Waals surface area contributed by atoms with Crippen molar-refractivity contribution in [1.29, 1.82) is 0 Å². The van der Waals surface area contributed by atoms with Gasteiger partial charge in [0, 0.05) is 19.3 Å². The summed E-state index contributed by atoms with van der Waals surface area (Å²) in [5, 5.41) is 5.23. The Kier molecular flexibility index (Phi) is 3.48. The number of urea groups is 1. The molecule has 0 spiro atoms. The molecule has 0 radical (unpaired) electrons. The zero-order valence-electron chi connectivity index (χ0n) is 8.42. The normalized spacial score (nSPS) is 9.64. The Balaban J connectivity index is 2.92. The zero-order chi connectivity index (χ0) is 10.6. The number of rotatable bonds is 2. The molecular formula is C10H15N3O.